The highest BCUT2D eigenvalue weighted by Crippen LogP contribution is 2.41. The molecular weight excluding hydrogens is 508 g/mol. The summed E-state index contributed by atoms with van der Waals surface area (Å²) in [7, 11) is 0. The fourth-order valence-corrected chi connectivity index (χ4v) is 6.16. The van der Waals surface area contributed by atoms with Crippen molar-refractivity contribution < 1.29 is 18.9 Å². The number of benzene rings is 2. The highest BCUT2D eigenvalue weighted by molar-refractivity contribution is 6.31. The Morgan fingerprint density at radius 1 is 0.711 bits per heavy atom. The highest BCUT2D eigenvalue weighted by atomic mass is 35.5. The lowest BCUT2D eigenvalue weighted by Gasteiger charge is -2.27. The molecule has 0 N–H and O–H groups in total. The molecule has 5 heterocycles. The number of hydrogen-bond acceptors (Lipinski definition) is 7. The van der Waals surface area contributed by atoms with Crippen LogP contribution in [-0.4, -0.2) is 91.4 Å². The molecule has 7 rings (SSSR count). The maximum atomic E-state index is 14.3. The van der Waals surface area contributed by atoms with E-state index in [1.54, 1.807) is 0 Å². The Bertz CT molecular complexity index is 1570. The molecule has 2 aromatic carbocycles. The zero-order chi connectivity index (χ0) is 25.6. The number of fused-ring (bicyclic) bond motifs is 6. The molecule has 0 unspecified atom stereocenters. The van der Waals surface area contributed by atoms with Crippen molar-refractivity contribution in [3.05, 3.63) is 45.7 Å². The van der Waals surface area contributed by atoms with Crippen LogP contribution < -0.4 is 15.0 Å². The van der Waals surface area contributed by atoms with E-state index in [-0.39, 0.29) is 12.4 Å². The van der Waals surface area contributed by atoms with Gasteiger partial charge in [0.25, 0.3) is 5.56 Å². The van der Waals surface area contributed by atoms with Crippen LogP contribution in [0.5, 0.6) is 11.5 Å². The molecule has 38 heavy (non-hydrogen) atoms. The largest absolute Gasteiger partial charge is 0.454 e. The second-order valence-electron chi connectivity index (χ2n) is 10.1. The number of morpholine rings is 2. The van der Waals surface area contributed by atoms with Crippen molar-refractivity contribution in [3.8, 4) is 11.5 Å². The Morgan fingerprint density at radius 3 is 2.00 bits per heavy atom. The summed E-state index contributed by atoms with van der Waals surface area (Å²) < 4.78 is 26.7. The first kappa shape index (κ1) is 24.2. The Balaban J connectivity index is 1.42. The van der Waals surface area contributed by atoms with Gasteiger partial charge in [0.05, 0.1) is 48.4 Å². The monoisotopic (exact) mass is 538 g/mol. The first-order chi connectivity index (χ1) is 18.7. The molecule has 10 heteroatoms. The van der Waals surface area contributed by atoms with Gasteiger partial charge in [0, 0.05) is 74.2 Å². The Hall–Kier alpha value is -2.82. The second kappa shape index (κ2) is 10.1. The van der Waals surface area contributed by atoms with Gasteiger partial charge in [-0.05, 0) is 24.3 Å². The summed E-state index contributed by atoms with van der Waals surface area (Å²) >= 11 is 6.49. The molecule has 9 nitrogen and oxygen atoms in total. The van der Waals surface area contributed by atoms with Gasteiger partial charge in [-0.25, -0.2) is 0 Å². The number of hydrogen-bond donors (Lipinski definition) is 0. The van der Waals surface area contributed by atoms with Gasteiger partial charge in [-0.1, -0.05) is 11.6 Å². The molecule has 0 amide bonds. The third kappa shape index (κ3) is 4.23. The van der Waals surface area contributed by atoms with Crippen LogP contribution >= 0.6 is 11.6 Å². The Labute approximate surface area is 224 Å². The molecule has 0 aliphatic carbocycles. The van der Waals surface area contributed by atoms with E-state index >= 15 is 0 Å². The fraction of sp³-hybridized carbons (Fsp3) is 0.464. The number of halogens is 1. The van der Waals surface area contributed by atoms with Crippen LogP contribution in [-0.2, 0) is 22.6 Å². The summed E-state index contributed by atoms with van der Waals surface area (Å²) in [6.07, 6.45) is 0. The van der Waals surface area contributed by atoms with E-state index in [0.717, 1.165) is 105 Å². The van der Waals surface area contributed by atoms with E-state index < -0.39 is 0 Å². The van der Waals surface area contributed by atoms with Gasteiger partial charge in [0.15, 0.2) is 11.5 Å². The van der Waals surface area contributed by atoms with Crippen LogP contribution in [0.1, 0.15) is 0 Å². The van der Waals surface area contributed by atoms with Crippen molar-refractivity contribution >= 4 is 44.3 Å². The topological polar surface area (TPSA) is 70.3 Å². The van der Waals surface area contributed by atoms with E-state index in [2.05, 4.69) is 20.4 Å². The minimum Gasteiger partial charge on any atom is -0.454 e. The predicted molar refractivity (Wildman–Crippen MR) is 147 cm³/mol. The Kier molecular flexibility index (Phi) is 6.41. The molecule has 2 saturated heterocycles. The van der Waals surface area contributed by atoms with Gasteiger partial charge < -0.3 is 28.1 Å². The average molecular weight is 539 g/mol. The van der Waals surface area contributed by atoms with Crippen LogP contribution in [0.2, 0.25) is 5.02 Å². The lowest BCUT2D eigenvalue weighted by Crippen LogP contribution is -2.39. The smallest absolute Gasteiger partial charge is 0.261 e. The molecule has 0 atom stereocenters. The van der Waals surface area contributed by atoms with Crippen LogP contribution in [0.25, 0.3) is 32.7 Å². The van der Waals surface area contributed by atoms with Crippen molar-refractivity contribution in [3.63, 3.8) is 0 Å². The van der Waals surface area contributed by atoms with E-state index in [0.29, 0.717) is 23.1 Å². The molecule has 0 radical (unpaired) electrons. The van der Waals surface area contributed by atoms with Crippen molar-refractivity contribution in [2.24, 2.45) is 0 Å². The summed E-state index contributed by atoms with van der Waals surface area (Å²) in [6.45, 7) is 9.69. The molecule has 0 spiro atoms. The summed E-state index contributed by atoms with van der Waals surface area (Å²) in [5.41, 5.74) is 2.78. The standard InChI is InChI=1S/C28H31ClN4O5/c29-19-1-2-20-22(15-19)33(6-4-31-9-13-36-14-10-31)28(34)26-21-16-24-25(38-18-37-24)17-23(21)32(27(20)26)5-3-30-7-11-35-12-8-30/h1-2,15-17H,3-14,18H2. The summed E-state index contributed by atoms with van der Waals surface area (Å²) in [6, 6.07) is 9.88. The molecule has 3 aliphatic rings. The quantitative estimate of drug-likeness (QED) is 0.373. The van der Waals surface area contributed by atoms with Crippen molar-refractivity contribution in [1.82, 2.24) is 18.9 Å². The molecule has 0 saturated carbocycles. The molecule has 3 aliphatic heterocycles. The van der Waals surface area contributed by atoms with Crippen molar-refractivity contribution in [1.29, 1.82) is 0 Å². The highest BCUT2D eigenvalue weighted by Gasteiger charge is 2.25. The molecular formula is C28H31ClN4O5. The average Bonchev–Trinajstić information content (AvgIpc) is 3.53. The molecule has 200 valence electrons. The number of rotatable bonds is 6. The van der Waals surface area contributed by atoms with Crippen molar-refractivity contribution in [2.45, 2.75) is 13.1 Å². The van der Waals surface area contributed by atoms with E-state index in [1.807, 2.05) is 28.8 Å². The third-order valence-electron chi connectivity index (χ3n) is 8.01. The minimum absolute atomic E-state index is 0.00276. The van der Waals surface area contributed by atoms with Gasteiger partial charge in [-0.2, -0.15) is 0 Å². The molecule has 4 aromatic rings. The van der Waals surface area contributed by atoms with Gasteiger partial charge in [-0.15, -0.1) is 0 Å². The predicted octanol–water partition coefficient (Wildman–Crippen LogP) is 3.16. The maximum Gasteiger partial charge on any atom is 0.261 e. The lowest BCUT2D eigenvalue weighted by atomic mass is 10.1. The zero-order valence-electron chi connectivity index (χ0n) is 21.3. The third-order valence-corrected chi connectivity index (χ3v) is 8.24. The van der Waals surface area contributed by atoms with Crippen LogP contribution in [0.3, 0.4) is 0 Å². The fourth-order valence-electron chi connectivity index (χ4n) is 5.99. The minimum atomic E-state index is -0.00276. The Morgan fingerprint density at radius 2 is 1.32 bits per heavy atom. The van der Waals surface area contributed by atoms with Gasteiger partial charge >= 0.3 is 0 Å². The first-order valence-electron chi connectivity index (χ1n) is 13.4. The SMILES string of the molecule is O=c1c2c3cc4c(cc3n(CCN3CCOCC3)c2c2ccc(Cl)cc2n1CCN1CCOCC1)OCO4. The molecule has 2 fully saturated rings. The summed E-state index contributed by atoms with van der Waals surface area (Å²) in [5, 5.41) is 3.25. The lowest BCUT2D eigenvalue weighted by molar-refractivity contribution is 0.0364. The molecule has 2 aromatic heterocycles. The van der Waals surface area contributed by atoms with Gasteiger partial charge in [0.1, 0.15) is 0 Å². The van der Waals surface area contributed by atoms with E-state index in [1.165, 1.54) is 0 Å². The van der Waals surface area contributed by atoms with Crippen LogP contribution in [0.15, 0.2) is 35.1 Å². The normalized spacial score (nSPS) is 18.8. The summed E-state index contributed by atoms with van der Waals surface area (Å²) in [4.78, 5) is 19.1. The van der Waals surface area contributed by atoms with Crippen molar-refractivity contribution in [2.75, 3.05) is 72.5 Å². The van der Waals surface area contributed by atoms with Gasteiger partial charge in [0.2, 0.25) is 6.79 Å². The van der Waals surface area contributed by atoms with E-state index in [4.69, 9.17) is 30.5 Å². The number of aromatic nitrogens is 2. The summed E-state index contributed by atoms with van der Waals surface area (Å²) in [5.74, 6) is 1.40. The van der Waals surface area contributed by atoms with E-state index in [9.17, 15) is 4.79 Å². The number of nitrogens with zero attached hydrogens (tertiary/aromatic N) is 4. The van der Waals surface area contributed by atoms with Gasteiger partial charge in [-0.3, -0.25) is 14.6 Å². The zero-order valence-corrected chi connectivity index (χ0v) is 22.0. The van der Waals surface area contributed by atoms with Crippen LogP contribution in [0.4, 0.5) is 0 Å². The second-order valence-corrected chi connectivity index (χ2v) is 10.6. The maximum absolute atomic E-state index is 14.3. The van der Waals surface area contributed by atoms with Crippen LogP contribution in [0, 0.1) is 0 Å². The number of pyridine rings is 1. The number of ether oxygens (including phenoxy) is 4. The first-order valence-corrected chi connectivity index (χ1v) is 13.7. The molecule has 0 bridgehead atoms.